The van der Waals surface area contributed by atoms with Crippen LogP contribution >= 0.6 is 0 Å². The fraction of sp³-hybridized carbons (Fsp3) is 0.179. The van der Waals surface area contributed by atoms with E-state index in [1.54, 1.807) is 12.1 Å². The predicted molar refractivity (Wildman–Crippen MR) is 133 cm³/mol. The van der Waals surface area contributed by atoms with E-state index >= 15 is 0 Å². The second kappa shape index (κ2) is 8.87. The average molecular weight is 438 g/mol. The lowest BCUT2D eigenvalue weighted by Gasteiger charge is -2.13. The van der Waals surface area contributed by atoms with Gasteiger partial charge in [0.05, 0.1) is 5.56 Å². The summed E-state index contributed by atoms with van der Waals surface area (Å²) in [4.78, 5) is 14.3. The molecule has 1 aromatic heterocycles. The average Bonchev–Trinajstić information content (AvgIpc) is 2.75. The van der Waals surface area contributed by atoms with Crippen LogP contribution in [0.5, 0.6) is 11.5 Å². The van der Waals surface area contributed by atoms with Crippen LogP contribution in [0.2, 0.25) is 0 Å². The van der Waals surface area contributed by atoms with Crippen molar-refractivity contribution in [2.75, 3.05) is 0 Å². The van der Waals surface area contributed by atoms with Crippen LogP contribution in [-0.4, -0.2) is 25.2 Å². The Morgan fingerprint density at radius 2 is 1.09 bits per heavy atom. The number of phenolic OH excluding ortho intramolecular Hbond substituents is 2. The third-order valence-electron chi connectivity index (χ3n) is 5.61. The highest BCUT2D eigenvalue weighted by Crippen LogP contribution is 2.36. The van der Waals surface area contributed by atoms with Crippen molar-refractivity contribution >= 4 is 6.08 Å². The fourth-order valence-corrected chi connectivity index (χ4v) is 3.95. The minimum Gasteiger partial charge on any atom is -0.507 e. The third-order valence-corrected chi connectivity index (χ3v) is 5.61. The number of benzene rings is 3. The molecule has 1 heterocycles. The second-order valence-electron chi connectivity index (χ2n) is 8.37. The quantitative estimate of drug-likeness (QED) is 0.378. The molecular weight excluding hydrogens is 410 g/mol. The molecule has 0 saturated heterocycles. The molecule has 33 heavy (non-hydrogen) atoms. The molecule has 3 aromatic carbocycles. The summed E-state index contributed by atoms with van der Waals surface area (Å²) in [7, 11) is 0. The number of aryl methyl sites for hydroxylation is 4. The summed E-state index contributed by atoms with van der Waals surface area (Å²) in [5.41, 5.74) is 7.25. The van der Waals surface area contributed by atoms with E-state index in [-0.39, 0.29) is 11.5 Å². The molecule has 0 aliphatic carbocycles. The summed E-state index contributed by atoms with van der Waals surface area (Å²) in [6.07, 6.45) is 3.60. The summed E-state index contributed by atoms with van der Waals surface area (Å²) in [5.74, 6) is 1.32. The van der Waals surface area contributed by atoms with E-state index in [9.17, 15) is 10.2 Å². The lowest BCUT2D eigenvalue weighted by Crippen LogP contribution is -2.02. The smallest absolute Gasteiger partial charge is 0.167 e. The van der Waals surface area contributed by atoms with Crippen LogP contribution in [0.1, 0.15) is 34.7 Å². The SMILES string of the molecule is C/C=C\c1cc(-c2nc(-c3ccc(C)cc3C)nc(-c3ccc(C)cc3C)n2)c(O)cc1O. The first-order chi connectivity index (χ1) is 15.8. The van der Waals surface area contributed by atoms with Crippen molar-refractivity contribution in [2.24, 2.45) is 0 Å². The topological polar surface area (TPSA) is 79.1 Å². The number of rotatable bonds is 4. The first-order valence-corrected chi connectivity index (χ1v) is 10.9. The Morgan fingerprint density at radius 3 is 1.55 bits per heavy atom. The predicted octanol–water partition coefficient (Wildman–Crippen LogP) is 6.55. The van der Waals surface area contributed by atoms with Crippen molar-refractivity contribution < 1.29 is 10.2 Å². The summed E-state index contributed by atoms with van der Waals surface area (Å²) in [6.45, 7) is 10.0. The highest BCUT2D eigenvalue weighted by Gasteiger charge is 2.18. The van der Waals surface area contributed by atoms with Gasteiger partial charge in [-0.15, -0.1) is 0 Å². The molecule has 0 amide bonds. The molecule has 2 N–H and O–H groups in total. The molecule has 4 aromatic rings. The normalized spacial score (nSPS) is 11.3. The van der Waals surface area contributed by atoms with Crippen LogP contribution in [0.4, 0.5) is 0 Å². The Hall–Kier alpha value is -3.99. The minimum atomic E-state index is -0.0925. The number of allylic oxidation sites excluding steroid dienone is 1. The van der Waals surface area contributed by atoms with Crippen LogP contribution in [0, 0.1) is 27.7 Å². The number of aromatic hydroxyl groups is 2. The van der Waals surface area contributed by atoms with E-state index in [1.165, 1.54) is 6.07 Å². The Bertz CT molecular complexity index is 1320. The number of hydrogen-bond acceptors (Lipinski definition) is 5. The van der Waals surface area contributed by atoms with Gasteiger partial charge in [-0.3, -0.25) is 0 Å². The molecule has 166 valence electrons. The van der Waals surface area contributed by atoms with Crippen LogP contribution in [0.25, 0.3) is 40.2 Å². The highest BCUT2D eigenvalue weighted by atomic mass is 16.3. The van der Waals surface area contributed by atoms with Crippen molar-refractivity contribution in [3.8, 4) is 45.7 Å². The summed E-state index contributed by atoms with van der Waals surface area (Å²) >= 11 is 0. The van der Waals surface area contributed by atoms with Gasteiger partial charge in [0.2, 0.25) is 0 Å². The van der Waals surface area contributed by atoms with Gasteiger partial charge in [-0.1, -0.05) is 59.7 Å². The number of phenols is 2. The molecule has 0 unspecified atom stereocenters. The second-order valence-corrected chi connectivity index (χ2v) is 8.37. The van der Waals surface area contributed by atoms with E-state index < -0.39 is 0 Å². The third kappa shape index (κ3) is 4.48. The van der Waals surface area contributed by atoms with Gasteiger partial charge in [0.1, 0.15) is 11.5 Å². The standard InChI is InChI=1S/C28H27N3O2/c1-6-7-20-14-23(25(33)15-24(20)32)28-30-26(21-10-8-16(2)12-18(21)4)29-27(31-28)22-11-9-17(3)13-19(22)5/h6-15,32-33H,1-5H3/b7-6-. The van der Waals surface area contributed by atoms with E-state index in [0.29, 0.717) is 28.6 Å². The Balaban J connectivity index is 2.01. The maximum atomic E-state index is 10.7. The van der Waals surface area contributed by atoms with Gasteiger partial charge in [-0.25, -0.2) is 15.0 Å². The molecule has 4 rings (SSSR count). The van der Waals surface area contributed by atoms with E-state index in [2.05, 4.69) is 12.1 Å². The van der Waals surface area contributed by atoms with Gasteiger partial charge in [-0.2, -0.15) is 0 Å². The summed E-state index contributed by atoms with van der Waals surface area (Å²) in [5, 5.41) is 20.9. The van der Waals surface area contributed by atoms with E-state index in [1.807, 2.05) is 65.0 Å². The minimum absolute atomic E-state index is 0.00684. The maximum Gasteiger partial charge on any atom is 0.167 e. The van der Waals surface area contributed by atoms with Crippen LogP contribution in [0.15, 0.2) is 54.6 Å². The number of aromatic nitrogens is 3. The first kappa shape index (κ1) is 22.2. The van der Waals surface area contributed by atoms with Gasteiger partial charge >= 0.3 is 0 Å². The zero-order chi connectivity index (χ0) is 23.7. The van der Waals surface area contributed by atoms with Crippen molar-refractivity contribution in [3.05, 3.63) is 82.4 Å². The Labute approximate surface area is 194 Å². The van der Waals surface area contributed by atoms with Crippen molar-refractivity contribution in [3.63, 3.8) is 0 Å². The number of nitrogens with zero attached hydrogens (tertiary/aromatic N) is 3. The first-order valence-electron chi connectivity index (χ1n) is 10.9. The van der Waals surface area contributed by atoms with Gasteiger partial charge in [0, 0.05) is 22.8 Å². The summed E-state index contributed by atoms with van der Waals surface area (Å²) in [6, 6.07) is 15.3. The molecule has 0 bridgehead atoms. The van der Waals surface area contributed by atoms with E-state index in [4.69, 9.17) is 15.0 Å². The van der Waals surface area contributed by atoms with Crippen LogP contribution in [-0.2, 0) is 0 Å². The molecule has 5 heteroatoms. The molecule has 0 radical (unpaired) electrons. The monoisotopic (exact) mass is 437 g/mol. The van der Waals surface area contributed by atoms with Crippen molar-refractivity contribution in [1.29, 1.82) is 0 Å². The van der Waals surface area contributed by atoms with Crippen molar-refractivity contribution in [1.82, 2.24) is 15.0 Å². The van der Waals surface area contributed by atoms with E-state index in [0.717, 1.165) is 33.4 Å². The lowest BCUT2D eigenvalue weighted by atomic mass is 10.0. The molecule has 0 fully saturated rings. The molecular formula is C28H27N3O2. The van der Waals surface area contributed by atoms with Crippen LogP contribution in [0.3, 0.4) is 0 Å². The molecule has 0 saturated carbocycles. The highest BCUT2D eigenvalue weighted by molar-refractivity contribution is 5.75. The lowest BCUT2D eigenvalue weighted by molar-refractivity contribution is 0.451. The maximum absolute atomic E-state index is 10.7. The molecule has 0 spiro atoms. The zero-order valence-electron chi connectivity index (χ0n) is 19.5. The molecule has 5 nitrogen and oxygen atoms in total. The van der Waals surface area contributed by atoms with Gasteiger partial charge in [0.15, 0.2) is 17.5 Å². The molecule has 0 aliphatic heterocycles. The summed E-state index contributed by atoms with van der Waals surface area (Å²) < 4.78 is 0. The Morgan fingerprint density at radius 1 is 0.606 bits per heavy atom. The number of hydrogen-bond donors (Lipinski definition) is 2. The van der Waals surface area contributed by atoms with Gasteiger partial charge in [0.25, 0.3) is 0 Å². The van der Waals surface area contributed by atoms with Crippen LogP contribution < -0.4 is 0 Å². The zero-order valence-corrected chi connectivity index (χ0v) is 19.5. The Kier molecular flexibility index (Phi) is 5.97. The van der Waals surface area contributed by atoms with Gasteiger partial charge in [-0.05, 0) is 51.8 Å². The fourth-order valence-electron chi connectivity index (χ4n) is 3.95. The molecule has 0 aliphatic rings. The largest absolute Gasteiger partial charge is 0.507 e. The van der Waals surface area contributed by atoms with Gasteiger partial charge < -0.3 is 10.2 Å². The molecule has 0 atom stereocenters. The van der Waals surface area contributed by atoms with Crippen molar-refractivity contribution in [2.45, 2.75) is 34.6 Å².